The number of rotatable bonds is 6. The van der Waals surface area contributed by atoms with Crippen molar-refractivity contribution in [2.24, 2.45) is 5.92 Å². The van der Waals surface area contributed by atoms with E-state index in [4.69, 9.17) is 0 Å². The normalized spacial score (nSPS) is 18.9. The molecule has 2 atom stereocenters. The number of aliphatic hydroxyl groups is 1. The molecule has 0 bridgehead atoms. The Morgan fingerprint density at radius 2 is 2.14 bits per heavy atom. The number of aryl methyl sites for hydroxylation is 1. The zero-order chi connectivity index (χ0) is 14.4. The molecule has 5 heteroatoms. The largest absolute Gasteiger partial charge is 0.387 e. The summed E-state index contributed by atoms with van der Waals surface area (Å²) in [5.74, 6) is 0.658. The Kier molecular flexibility index (Phi) is 7.72. The highest BCUT2D eigenvalue weighted by atomic mass is 35.5. The van der Waals surface area contributed by atoms with Gasteiger partial charge in [-0.05, 0) is 44.3 Å². The molecule has 0 spiro atoms. The Morgan fingerprint density at radius 3 is 2.76 bits per heavy atom. The molecule has 1 fully saturated rings. The van der Waals surface area contributed by atoms with Gasteiger partial charge in [-0.2, -0.15) is 0 Å². The van der Waals surface area contributed by atoms with Crippen LogP contribution >= 0.6 is 12.4 Å². The van der Waals surface area contributed by atoms with Crippen molar-refractivity contribution >= 4 is 18.3 Å². The quantitative estimate of drug-likeness (QED) is 0.752. The predicted molar refractivity (Wildman–Crippen MR) is 86.6 cm³/mol. The minimum absolute atomic E-state index is 0. The second kappa shape index (κ2) is 9.03. The maximum atomic E-state index is 11.7. The van der Waals surface area contributed by atoms with Crippen molar-refractivity contribution in [3.63, 3.8) is 0 Å². The van der Waals surface area contributed by atoms with Crippen molar-refractivity contribution in [2.75, 3.05) is 19.6 Å². The van der Waals surface area contributed by atoms with Gasteiger partial charge in [0.2, 0.25) is 5.91 Å². The highest BCUT2D eigenvalue weighted by Crippen LogP contribution is 2.15. The lowest BCUT2D eigenvalue weighted by molar-refractivity contribution is -0.121. The zero-order valence-electron chi connectivity index (χ0n) is 12.5. The van der Waals surface area contributed by atoms with Gasteiger partial charge in [0.1, 0.15) is 0 Å². The molecule has 0 aromatic heterocycles. The van der Waals surface area contributed by atoms with E-state index in [0.717, 1.165) is 30.6 Å². The summed E-state index contributed by atoms with van der Waals surface area (Å²) < 4.78 is 0. The highest BCUT2D eigenvalue weighted by molar-refractivity contribution is 5.85. The van der Waals surface area contributed by atoms with Gasteiger partial charge >= 0.3 is 0 Å². The summed E-state index contributed by atoms with van der Waals surface area (Å²) in [6.07, 6.45) is 2.01. The minimum Gasteiger partial charge on any atom is -0.387 e. The molecule has 3 N–H and O–H groups in total. The van der Waals surface area contributed by atoms with Crippen LogP contribution in [0.4, 0.5) is 0 Å². The molecule has 118 valence electrons. The molecule has 0 saturated carbocycles. The number of nitrogens with one attached hydrogen (secondary N) is 2. The molecule has 1 aromatic rings. The number of amides is 1. The van der Waals surface area contributed by atoms with Crippen LogP contribution in [-0.4, -0.2) is 30.6 Å². The van der Waals surface area contributed by atoms with E-state index in [1.165, 1.54) is 6.42 Å². The fourth-order valence-electron chi connectivity index (χ4n) is 2.50. The summed E-state index contributed by atoms with van der Waals surface area (Å²) in [7, 11) is 0. The number of benzene rings is 1. The predicted octanol–water partition coefficient (Wildman–Crippen LogP) is 1.96. The third-order valence-electron chi connectivity index (χ3n) is 3.90. The summed E-state index contributed by atoms with van der Waals surface area (Å²) in [6, 6.07) is 7.73. The number of carbonyl (C=O) groups is 1. The first-order valence-electron chi connectivity index (χ1n) is 7.37. The van der Waals surface area contributed by atoms with Crippen molar-refractivity contribution in [2.45, 2.75) is 32.3 Å². The molecule has 21 heavy (non-hydrogen) atoms. The van der Waals surface area contributed by atoms with Crippen molar-refractivity contribution in [3.8, 4) is 0 Å². The molecule has 0 radical (unpaired) electrons. The number of hydrogen-bond acceptors (Lipinski definition) is 3. The monoisotopic (exact) mass is 312 g/mol. The molecular formula is C16H25ClN2O2. The zero-order valence-corrected chi connectivity index (χ0v) is 13.3. The summed E-state index contributed by atoms with van der Waals surface area (Å²) in [4.78, 5) is 11.7. The summed E-state index contributed by atoms with van der Waals surface area (Å²) in [5, 5.41) is 16.1. The lowest BCUT2D eigenvalue weighted by Crippen LogP contribution is -2.28. The van der Waals surface area contributed by atoms with Crippen LogP contribution in [0.3, 0.4) is 0 Å². The van der Waals surface area contributed by atoms with E-state index in [0.29, 0.717) is 12.3 Å². The molecule has 0 aliphatic carbocycles. The van der Waals surface area contributed by atoms with Gasteiger partial charge in [0.15, 0.2) is 0 Å². The van der Waals surface area contributed by atoms with Crippen LogP contribution in [0.5, 0.6) is 0 Å². The van der Waals surface area contributed by atoms with E-state index in [-0.39, 0.29) is 24.9 Å². The Balaban J connectivity index is 0.00000220. The standard InChI is InChI=1S/C16H24N2O2.ClH/c1-12-2-5-14(6-3-12)15(19)11-18-16(20)7-4-13-8-9-17-10-13;/h2-3,5-6,13,15,17,19H,4,7-11H2,1H3,(H,18,20);1H. The minimum atomic E-state index is -0.632. The highest BCUT2D eigenvalue weighted by Gasteiger charge is 2.16. The second-order valence-corrected chi connectivity index (χ2v) is 5.63. The lowest BCUT2D eigenvalue weighted by atomic mass is 10.0. The van der Waals surface area contributed by atoms with Gasteiger partial charge in [-0.15, -0.1) is 12.4 Å². The first-order chi connectivity index (χ1) is 9.65. The third-order valence-corrected chi connectivity index (χ3v) is 3.90. The molecule has 4 nitrogen and oxygen atoms in total. The van der Waals surface area contributed by atoms with Crippen LogP contribution in [0.2, 0.25) is 0 Å². The van der Waals surface area contributed by atoms with Gasteiger partial charge in [0.05, 0.1) is 6.10 Å². The van der Waals surface area contributed by atoms with Gasteiger partial charge in [-0.3, -0.25) is 4.79 Å². The fraction of sp³-hybridized carbons (Fsp3) is 0.562. The van der Waals surface area contributed by atoms with Gasteiger partial charge in [-0.1, -0.05) is 29.8 Å². The van der Waals surface area contributed by atoms with E-state index in [2.05, 4.69) is 10.6 Å². The Morgan fingerprint density at radius 1 is 1.43 bits per heavy atom. The van der Waals surface area contributed by atoms with Crippen LogP contribution < -0.4 is 10.6 Å². The van der Waals surface area contributed by atoms with Gasteiger partial charge in [0.25, 0.3) is 0 Å². The van der Waals surface area contributed by atoms with Crippen molar-refractivity contribution in [1.29, 1.82) is 0 Å². The van der Waals surface area contributed by atoms with Crippen molar-refractivity contribution in [1.82, 2.24) is 10.6 Å². The molecule has 1 aliphatic rings. The van der Waals surface area contributed by atoms with E-state index in [1.807, 2.05) is 31.2 Å². The topological polar surface area (TPSA) is 61.4 Å². The average Bonchev–Trinajstić information content (AvgIpc) is 2.96. The van der Waals surface area contributed by atoms with Crippen LogP contribution in [0.1, 0.15) is 36.5 Å². The van der Waals surface area contributed by atoms with E-state index >= 15 is 0 Å². The molecule has 1 heterocycles. The molecule has 2 unspecified atom stereocenters. The smallest absolute Gasteiger partial charge is 0.220 e. The molecule has 1 amide bonds. The van der Waals surface area contributed by atoms with Crippen LogP contribution in [0.15, 0.2) is 24.3 Å². The number of aliphatic hydroxyl groups excluding tert-OH is 1. The number of halogens is 1. The summed E-state index contributed by atoms with van der Waals surface area (Å²) in [5.41, 5.74) is 2.01. The number of carbonyl (C=O) groups excluding carboxylic acids is 1. The average molecular weight is 313 g/mol. The molecule has 2 rings (SSSR count). The maximum absolute atomic E-state index is 11.7. The Bertz CT molecular complexity index is 430. The first-order valence-corrected chi connectivity index (χ1v) is 7.37. The van der Waals surface area contributed by atoms with Gasteiger partial charge < -0.3 is 15.7 Å². The van der Waals surface area contributed by atoms with Crippen LogP contribution in [0.25, 0.3) is 0 Å². The van der Waals surface area contributed by atoms with Crippen molar-refractivity contribution in [3.05, 3.63) is 35.4 Å². The van der Waals surface area contributed by atoms with Crippen molar-refractivity contribution < 1.29 is 9.90 Å². The first kappa shape index (κ1) is 18.0. The number of hydrogen-bond donors (Lipinski definition) is 3. The molecule has 1 saturated heterocycles. The van der Waals surface area contributed by atoms with E-state index < -0.39 is 6.10 Å². The van der Waals surface area contributed by atoms with Gasteiger partial charge in [-0.25, -0.2) is 0 Å². The van der Waals surface area contributed by atoms with Crippen LogP contribution in [-0.2, 0) is 4.79 Å². The maximum Gasteiger partial charge on any atom is 0.220 e. The lowest BCUT2D eigenvalue weighted by Gasteiger charge is -2.13. The van der Waals surface area contributed by atoms with Crippen LogP contribution in [0, 0.1) is 12.8 Å². The van der Waals surface area contributed by atoms with E-state index in [9.17, 15) is 9.90 Å². The molecule has 1 aromatic carbocycles. The molecular weight excluding hydrogens is 288 g/mol. The SMILES string of the molecule is Cc1ccc(C(O)CNC(=O)CCC2CCNC2)cc1.Cl. The van der Waals surface area contributed by atoms with Gasteiger partial charge in [0, 0.05) is 13.0 Å². The Labute approximate surface area is 132 Å². The second-order valence-electron chi connectivity index (χ2n) is 5.63. The summed E-state index contributed by atoms with van der Waals surface area (Å²) in [6.45, 7) is 4.39. The molecule has 1 aliphatic heterocycles. The summed E-state index contributed by atoms with van der Waals surface area (Å²) >= 11 is 0. The fourth-order valence-corrected chi connectivity index (χ4v) is 2.50. The van der Waals surface area contributed by atoms with E-state index in [1.54, 1.807) is 0 Å². The Hall–Kier alpha value is -1.10. The third kappa shape index (κ3) is 6.04.